The number of benzene rings is 1. The number of thiazole rings is 1. The fourth-order valence-corrected chi connectivity index (χ4v) is 4.53. The van der Waals surface area contributed by atoms with E-state index < -0.39 is 5.97 Å². The summed E-state index contributed by atoms with van der Waals surface area (Å²) in [7, 11) is 0. The highest BCUT2D eigenvalue weighted by molar-refractivity contribution is 7.73. The SMILES string of the molecule is O=C(O)CCCCCCCCCn1c(O)c(C=C2N=c3ccccc3=N2)sc1=S. The summed E-state index contributed by atoms with van der Waals surface area (Å²) in [4.78, 5) is 20.1. The van der Waals surface area contributed by atoms with Crippen LogP contribution in [0.5, 0.6) is 5.88 Å². The van der Waals surface area contributed by atoms with Crippen LogP contribution in [0.2, 0.25) is 0 Å². The quantitative estimate of drug-likeness (QED) is 0.407. The average molecular weight is 432 g/mol. The van der Waals surface area contributed by atoms with Crippen molar-refractivity contribution < 1.29 is 15.0 Å². The Kier molecular flexibility index (Phi) is 7.71. The minimum Gasteiger partial charge on any atom is -0.493 e. The Hall–Kier alpha value is -2.32. The summed E-state index contributed by atoms with van der Waals surface area (Å²) >= 11 is 6.79. The van der Waals surface area contributed by atoms with E-state index in [0.717, 1.165) is 55.7 Å². The molecule has 1 aliphatic rings. The van der Waals surface area contributed by atoms with Crippen molar-refractivity contribution in [3.8, 4) is 5.88 Å². The standard InChI is InChI=1S/C21H25N3O3S2/c25-19(26)12-6-4-2-1-3-5-9-13-24-20(27)17(29-21(24)28)14-18-22-15-10-7-8-11-16(15)23-18/h7-8,10-11,14,27H,1-6,9,12-13H2,(H,25,26). The maximum Gasteiger partial charge on any atom is 0.303 e. The van der Waals surface area contributed by atoms with Crippen LogP contribution in [0.1, 0.15) is 56.2 Å². The number of fused-ring (bicyclic) bond motifs is 1. The molecule has 0 spiro atoms. The van der Waals surface area contributed by atoms with Gasteiger partial charge >= 0.3 is 5.97 Å². The van der Waals surface area contributed by atoms with Gasteiger partial charge in [0.1, 0.15) is 0 Å². The molecule has 0 amide bonds. The molecule has 2 aromatic rings. The van der Waals surface area contributed by atoms with Crippen molar-refractivity contribution in [3.05, 3.63) is 49.6 Å². The zero-order valence-electron chi connectivity index (χ0n) is 16.2. The van der Waals surface area contributed by atoms with E-state index in [4.69, 9.17) is 17.3 Å². The maximum atomic E-state index is 10.6. The summed E-state index contributed by atoms with van der Waals surface area (Å²) in [6.07, 6.45) is 9.08. The number of carbonyl (C=O) groups is 1. The second kappa shape index (κ2) is 10.5. The summed E-state index contributed by atoms with van der Waals surface area (Å²) < 4.78 is 2.43. The smallest absolute Gasteiger partial charge is 0.303 e. The maximum absolute atomic E-state index is 10.6. The summed E-state index contributed by atoms with van der Waals surface area (Å²) in [6, 6.07) is 7.68. The molecule has 2 N–H and O–H groups in total. The van der Waals surface area contributed by atoms with Crippen molar-refractivity contribution >= 4 is 35.6 Å². The van der Waals surface area contributed by atoms with Crippen LogP contribution in [-0.2, 0) is 11.3 Å². The number of aliphatic carboxylic acids is 1. The molecule has 8 heteroatoms. The first-order valence-corrected chi connectivity index (χ1v) is 11.2. The predicted octanol–water partition coefficient (Wildman–Crippen LogP) is 4.44. The van der Waals surface area contributed by atoms with Gasteiger partial charge in [-0.25, -0.2) is 9.98 Å². The fourth-order valence-electron chi connectivity index (χ4n) is 3.24. The number of unbranched alkanes of at least 4 members (excludes halogenated alkanes) is 6. The average Bonchev–Trinajstić information content (AvgIpc) is 3.21. The van der Waals surface area contributed by atoms with Crippen molar-refractivity contribution in [2.75, 3.05) is 0 Å². The van der Waals surface area contributed by atoms with Crippen LogP contribution in [0.25, 0.3) is 6.08 Å². The van der Waals surface area contributed by atoms with Crippen LogP contribution in [0, 0.1) is 3.95 Å². The molecule has 0 atom stereocenters. The van der Waals surface area contributed by atoms with Gasteiger partial charge in [-0.05, 0) is 37.2 Å². The summed E-state index contributed by atoms with van der Waals surface area (Å²) in [6.45, 7) is 0.692. The van der Waals surface area contributed by atoms with Crippen molar-refractivity contribution in [2.24, 2.45) is 9.98 Å². The van der Waals surface area contributed by atoms with Gasteiger partial charge in [0.05, 0.1) is 15.6 Å². The van der Waals surface area contributed by atoms with Crippen LogP contribution >= 0.6 is 23.6 Å². The summed E-state index contributed by atoms with van der Waals surface area (Å²) in [5.41, 5.74) is 0. The number of carboxylic acids is 1. The molecule has 0 saturated carbocycles. The van der Waals surface area contributed by atoms with Crippen LogP contribution in [-0.4, -0.2) is 20.7 Å². The van der Waals surface area contributed by atoms with Gasteiger partial charge in [0, 0.05) is 19.0 Å². The van der Waals surface area contributed by atoms with Gasteiger partial charge in [-0.3, -0.25) is 9.36 Å². The lowest BCUT2D eigenvalue weighted by Gasteiger charge is -2.05. The Bertz CT molecular complexity index is 1030. The molecule has 1 aromatic carbocycles. The number of aromatic nitrogens is 1. The lowest BCUT2D eigenvalue weighted by Crippen LogP contribution is -2.19. The minimum atomic E-state index is -0.716. The highest BCUT2D eigenvalue weighted by Crippen LogP contribution is 2.29. The number of carboxylic acid groups (broad SMARTS) is 1. The molecule has 6 nitrogen and oxygen atoms in total. The van der Waals surface area contributed by atoms with Gasteiger partial charge in [-0.1, -0.05) is 44.2 Å². The molecule has 0 fully saturated rings. The molecule has 2 heterocycles. The third kappa shape index (κ3) is 6.08. The topological polar surface area (TPSA) is 87.2 Å². The zero-order valence-corrected chi connectivity index (χ0v) is 17.8. The molecule has 154 valence electrons. The Morgan fingerprint density at radius 3 is 2.24 bits per heavy atom. The van der Waals surface area contributed by atoms with Gasteiger partial charge in [0.2, 0.25) is 5.88 Å². The van der Waals surface area contributed by atoms with Crippen LogP contribution < -0.4 is 10.7 Å². The normalized spacial score (nSPS) is 12.3. The van der Waals surface area contributed by atoms with Crippen molar-refractivity contribution in [1.82, 2.24) is 4.57 Å². The summed E-state index contributed by atoms with van der Waals surface area (Å²) in [5.74, 6) is 0.0439. The van der Waals surface area contributed by atoms with Gasteiger partial charge < -0.3 is 10.2 Å². The van der Waals surface area contributed by atoms with Crippen molar-refractivity contribution in [2.45, 2.75) is 57.9 Å². The van der Waals surface area contributed by atoms with Crippen LogP contribution in [0.3, 0.4) is 0 Å². The van der Waals surface area contributed by atoms with E-state index in [2.05, 4.69) is 9.98 Å². The third-order valence-electron chi connectivity index (χ3n) is 4.78. The van der Waals surface area contributed by atoms with E-state index in [1.54, 1.807) is 10.6 Å². The van der Waals surface area contributed by atoms with E-state index in [0.29, 0.717) is 21.2 Å². The first-order chi connectivity index (χ1) is 14.0. The third-order valence-corrected chi connectivity index (χ3v) is 6.16. The second-order valence-corrected chi connectivity index (χ2v) is 8.72. The van der Waals surface area contributed by atoms with Crippen LogP contribution in [0.15, 0.2) is 40.1 Å². The molecule has 3 rings (SSSR count). The molecule has 1 aliphatic heterocycles. The number of rotatable bonds is 11. The molecular formula is C21H25N3O3S2. The van der Waals surface area contributed by atoms with E-state index in [1.165, 1.54) is 11.3 Å². The van der Waals surface area contributed by atoms with E-state index in [9.17, 15) is 9.90 Å². The van der Waals surface area contributed by atoms with E-state index in [-0.39, 0.29) is 12.3 Å². The number of nitrogens with zero attached hydrogens (tertiary/aromatic N) is 3. The van der Waals surface area contributed by atoms with Crippen molar-refractivity contribution in [3.63, 3.8) is 0 Å². The van der Waals surface area contributed by atoms with E-state index >= 15 is 0 Å². The molecule has 0 aliphatic carbocycles. The monoisotopic (exact) mass is 431 g/mol. The second-order valence-electron chi connectivity index (χ2n) is 7.04. The molecule has 1 aromatic heterocycles. The Morgan fingerprint density at radius 1 is 1.03 bits per heavy atom. The predicted molar refractivity (Wildman–Crippen MR) is 116 cm³/mol. The molecular weight excluding hydrogens is 406 g/mol. The molecule has 0 bridgehead atoms. The lowest BCUT2D eigenvalue weighted by atomic mass is 10.1. The Labute approximate surface area is 178 Å². The first-order valence-electron chi connectivity index (χ1n) is 9.93. The van der Waals surface area contributed by atoms with Gasteiger partial charge in [0.25, 0.3) is 0 Å². The van der Waals surface area contributed by atoms with Gasteiger partial charge in [0.15, 0.2) is 9.78 Å². The minimum absolute atomic E-state index is 0.183. The molecule has 29 heavy (non-hydrogen) atoms. The first kappa shape index (κ1) is 21.4. The number of hydrogen-bond donors (Lipinski definition) is 2. The molecule has 0 radical (unpaired) electrons. The largest absolute Gasteiger partial charge is 0.493 e. The Morgan fingerprint density at radius 2 is 1.62 bits per heavy atom. The number of hydrogen-bond acceptors (Lipinski definition) is 6. The van der Waals surface area contributed by atoms with E-state index in [1.807, 2.05) is 24.3 Å². The number of para-hydroxylation sites is 2. The highest BCUT2D eigenvalue weighted by Gasteiger charge is 2.12. The van der Waals surface area contributed by atoms with Gasteiger partial charge in [-0.2, -0.15) is 0 Å². The van der Waals surface area contributed by atoms with Crippen LogP contribution in [0.4, 0.5) is 0 Å². The van der Waals surface area contributed by atoms with Gasteiger partial charge in [-0.15, -0.1) is 11.3 Å². The van der Waals surface area contributed by atoms with Crippen molar-refractivity contribution in [1.29, 1.82) is 0 Å². The molecule has 0 saturated heterocycles. The zero-order chi connectivity index (χ0) is 20.6. The summed E-state index contributed by atoms with van der Waals surface area (Å²) in [5, 5.41) is 20.9. The lowest BCUT2D eigenvalue weighted by molar-refractivity contribution is -0.137. The Balaban J connectivity index is 1.48. The molecule has 0 unspecified atom stereocenters. The fraction of sp³-hybridized carbons (Fsp3) is 0.429. The highest BCUT2D eigenvalue weighted by atomic mass is 32.1. The number of aromatic hydroxyl groups is 1.